The summed E-state index contributed by atoms with van der Waals surface area (Å²) in [6.45, 7) is 9.30. The summed E-state index contributed by atoms with van der Waals surface area (Å²) in [6.07, 6.45) is 2.49. The molecule has 0 atom stereocenters. The molecule has 144 valence electrons. The first-order valence-electron chi connectivity index (χ1n) is 9.04. The van der Waals surface area contributed by atoms with Gasteiger partial charge in [0.2, 0.25) is 5.91 Å². The molecule has 0 saturated carbocycles. The normalized spacial score (nSPS) is 15.7. The summed E-state index contributed by atoms with van der Waals surface area (Å²) in [4.78, 5) is 27.5. The molecule has 1 fully saturated rings. The third-order valence-electron chi connectivity index (χ3n) is 5.06. The number of amides is 1. The summed E-state index contributed by atoms with van der Waals surface area (Å²) in [7, 11) is 0. The minimum Gasteiger partial charge on any atom is -0.338 e. The lowest BCUT2D eigenvalue weighted by molar-refractivity contribution is -0.385. The van der Waals surface area contributed by atoms with Crippen LogP contribution in [0.2, 0.25) is 0 Å². The smallest absolute Gasteiger partial charge is 0.307 e. The third-order valence-corrected chi connectivity index (χ3v) is 5.06. The van der Waals surface area contributed by atoms with Crippen molar-refractivity contribution in [2.24, 2.45) is 0 Å². The van der Waals surface area contributed by atoms with Crippen molar-refractivity contribution in [3.8, 4) is 0 Å². The van der Waals surface area contributed by atoms with E-state index in [0.717, 1.165) is 19.6 Å². The zero-order valence-corrected chi connectivity index (χ0v) is 16.0. The summed E-state index contributed by atoms with van der Waals surface area (Å²) < 4.78 is 1.38. The molecule has 0 radical (unpaired) electrons. The molecular formula is C19H25N5O3. The summed E-state index contributed by atoms with van der Waals surface area (Å²) in [5, 5.41) is 14.9. The second kappa shape index (κ2) is 7.48. The van der Waals surface area contributed by atoms with E-state index in [2.05, 4.69) is 41.2 Å². The number of nitrogens with zero attached hydrogens (tertiary/aromatic N) is 5. The van der Waals surface area contributed by atoms with Gasteiger partial charge in [0.15, 0.2) is 0 Å². The van der Waals surface area contributed by atoms with Gasteiger partial charge >= 0.3 is 5.69 Å². The molecule has 2 aromatic rings. The van der Waals surface area contributed by atoms with Gasteiger partial charge < -0.3 is 4.90 Å². The van der Waals surface area contributed by atoms with Gasteiger partial charge in [0.1, 0.15) is 17.9 Å². The van der Waals surface area contributed by atoms with Crippen LogP contribution in [0.25, 0.3) is 0 Å². The van der Waals surface area contributed by atoms with E-state index in [-0.39, 0.29) is 11.6 Å². The SMILES string of the molecule is Cc1ccc(CN2CCN(C(=O)C(C)(C)n3cc([N+](=O)[O-])cn3)CC2)cc1. The van der Waals surface area contributed by atoms with E-state index in [0.29, 0.717) is 13.1 Å². The number of piperazine rings is 1. The molecule has 1 aromatic heterocycles. The summed E-state index contributed by atoms with van der Waals surface area (Å²) in [6, 6.07) is 8.50. The molecule has 1 aliphatic heterocycles. The van der Waals surface area contributed by atoms with Gasteiger partial charge in [-0.1, -0.05) is 29.8 Å². The molecule has 0 spiro atoms. The maximum absolute atomic E-state index is 13.0. The second-order valence-corrected chi connectivity index (χ2v) is 7.51. The summed E-state index contributed by atoms with van der Waals surface area (Å²) >= 11 is 0. The highest BCUT2D eigenvalue weighted by Crippen LogP contribution is 2.22. The molecule has 3 rings (SSSR count). The number of carbonyl (C=O) groups excluding carboxylic acids is 1. The highest BCUT2D eigenvalue weighted by molar-refractivity contribution is 5.83. The molecular weight excluding hydrogens is 346 g/mol. The van der Waals surface area contributed by atoms with E-state index in [4.69, 9.17) is 0 Å². The Morgan fingerprint density at radius 3 is 2.37 bits per heavy atom. The summed E-state index contributed by atoms with van der Waals surface area (Å²) in [5.41, 5.74) is 1.44. The number of hydrogen-bond acceptors (Lipinski definition) is 5. The van der Waals surface area contributed by atoms with Crippen LogP contribution in [0, 0.1) is 17.0 Å². The van der Waals surface area contributed by atoms with E-state index in [9.17, 15) is 14.9 Å². The van der Waals surface area contributed by atoms with Gasteiger partial charge in [-0.2, -0.15) is 5.10 Å². The molecule has 0 bridgehead atoms. The zero-order chi connectivity index (χ0) is 19.6. The van der Waals surface area contributed by atoms with Crippen molar-refractivity contribution in [1.29, 1.82) is 0 Å². The van der Waals surface area contributed by atoms with Crippen LogP contribution in [0.3, 0.4) is 0 Å². The quantitative estimate of drug-likeness (QED) is 0.594. The maximum Gasteiger partial charge on any atom is 0.307 e. The Balaban J connectivity index is 1.60. The van der Waals surface area contributed by atoms with Crippen LogP contribution in [0.5, 0.6) is 0 Å². The van der Waals surface area contributed by atoms with Crippen molar-refractivity contribution < 1.29 is 9.72 Å². The molecule has 8 heteroatoms. The van der Waals surface area contributed by atoms with Crippen molar-refractivity contribution in [1.82, 2.24) is 19.6 Å². The minimum atomic E-state index is -0.965. The number of nitro groups is 1. The fraction of sp³-hybridized carbons (Fsp3) is 0.474. The number of benzene rings is 1. The molecule has 0 N–H and O–H groups in total. The number of rotatable bonds is 5. The molecule has 27 heavy (non-hydrogen) atoms. The first-order valence-corrected chi connectivity index (χ1v) is 9.04. The predicted octanol–water partition coefficient (Wildman–Crippen LogP) is 2.18. The van der Waals surface area contributed by atoms with Crippen molar-refractivity contribution >= 4 is 11.6 Å². The molecule has 0 aliphatic carbocycles. The predicted molar refractivity (Wildman–Crippen MR) is 101 cm³/mol. The third kappa shape index (κ3) is 4.16. The number of hydrogen-bond donors (Lipinski definition) is 0. The average molecular weight is 371 g/mol. The first-order chi connectivity index (χ1) is 12.8. The lowest BCUT2D eigenvalue weighted by atomic mass is 10.0. The van der Waals surface area contributed by atoms with Crippen molar-refractivity contribution in [3.63, 3.8) is 0 Å². The second-order valence-electron chi connectivity index (χ2n) is 7.51. The van der Waals surface area contributed by atoms with E-state index in [1.54, 1.807) is 13.8 Å². The molecule has 0 unspecified atom stereocenters. The Morgan fingerprint density at radius 1 is 1.19 bits per heavy atom. The molecule has 1 saturated heterocycles. The lowest BCUT2D eigenvalue weighted by Crippen LogP contribution is -2.54. The lowest BCUT2D eigenvalue weighted by Gasteiger charge is -2.38. The highest BCUT2D eigenvalue weighted by Gasteiger charge is 2.36. The maximum atomic E-state index is 13.0. The monoisotopic (exact) mass is 371 g/mol. The zero-order valence-electron chi connectivity index (χ0n) is 16.0. The van der Waals surface area contributed by atoms with E-state index < -0.39 is 10.5 Å². The van der Waals surface area contributed by atoms with Crippen molar-refractivity contribution in [2.45, 2.75) is 32.9 Å². The number of carbonyl (C=O) groups is 1. The van der Waals surface area contributed by atoms with Crippen LogP contribution in [-0.4, -0.2) is 56.6 Å². The van der Waals surface area contributed by atoms with Crippen LogP contribution in [0.15, 0.2) is 36.7 Å². The van der Waals surface area contributed by atoms with Crippen LogP contribution in [-0.2, 0) is 16.9 Å². The van der Waals surface area contributed by atoms with Crippen LogP contribution >= 0.6 is 0 Å². The number of aromatic nitrogens is 2. The average Bonchev–Trinajstić information content (AvgIpc) is 3.15. The Hall–Kier alpha value is -2.74. The van der Waals surface area contributed by atoms with Gasteiger partial charge in [0.25, 0.3) is 0 Å². The Bertz CT molecular complexity index is 820. The highest BCUT2D eigenvalue weighted by atomic mass is 16.6. The van der Waals surface area contributed by atoms with Crippen molar-refractivity contribution in [2.75, 3.05) is 26.2 Å². The molecule has 2 heterocycles. The Kier molecular flexibility index (Phi) is 5.27. The van der Waals surface area contributed by atoms with E-state index >= 15 is 0 Å². The summed E-state index contributed by atoms with van der Waals surface area (Å²) in [5.74, 6) is -0.0736. The van der Waals surface area contributed by atoms with E-state index in [1.165, 1.54) is 28.2 Å². The Morgan fingerprint density at radius 2 is 1.81 bits per heavy atom. The van der Waals surface area contributed by atoms with Gasteiger partial charge in [-0.3, -0.25) is 24.5 Å². The van der Waals surface area contributed by atoms with Gasteiger partial charge in [-0.25, -0.2) is 0 Å². The van der Waals surface area contributed by atoms with Crippen LogP contribution < -0.4 is 0 Å². The van der Waals surface area contributed by atoms with Gasteiger partial charge in [-0.15, -0.1) is 0 Å². The van der Waals surface area contributed by atoms with E-state index in [1.807, 2.05) is 4.90 Å². The minimum absolute atomic E-state index is 0.0736. The topological polar surface area (TPSA) is 84.5 Å². The molecule has 1 aromatic carbocycles. The van der Waals surface area contributed by atoms with Crippen LogP contribution in [0.1, 0.15) is 25.0 Å². The van der Waals surface area contributed by atoms with Crippen LogP contribution in [0.4, 0.5) is 5.69 Å². The number of aryl methyl sites for hydroxylation is 1. The van der Waals surface area contributed by atoms with Gasteiger partial charge in [0.05, 0.1) is 4.92 Å². The first kappa shape index (κ1) is 19.0. The standard InChI is InChI=1S/C19H25N5O3/c1-15-4-6-16(7-5-15)13-21-8-10-22(11-9-21)18(25)19(2,3)23-14-17(12-20-23)24(26)27/h4-7,12,14H,8-11,13H2,1-3H3. The molecule has 8 nitrogen and oxygen atoms in total. The molecule has 1 aliphatic rings. The largest absolute Gasteiger partial charge is 0.338 e. The van der Waals surface area contributed by atoms with Crippen molar-refractivity contribution in [3.05, 3.63) is 57.9 Å². The Labute approximate surface area is 158 Å². The van der Waals surface area contributed by atoms with Gasteiger partial charge in [-0.05, 0) is 26.3 Å². The fourth-order valence-corrected chi connectivity index (χ4v) is 3.26. The fourth-order valence-electron chi connectivity index (χ4n) is 3.26. The molecule has 1 amide bonds. The van der Waals surface area contributed by atoms with Gasteiger partial charge in [0, 0.05) is 32.7 Å².